The molecule has 7 aliphatic rings. The molecule has 8 nitrogen and oxygen atoms in total. The van der Waals surface area contributed by atoms with Gasteiger partial charge in [-0.25, -0.2) is 0 Å². The summed E-state index contributed by atoms with van der Waals surface area (Å²) < 4.78 is 13.5. The molecule has 260 valence electrons. The SMILES string of the molecule is C[C@@H]1CC[C@@]2(OC1)O[C@H]1C[C@H]3[C@@H]4CC[C@@H]5C[C@@H](NC(=O)CC(=O)NCCCN6CCN(C)CC6)CC[C@]5(C)[C@H]4CC[C@]3(C)[C@H]1[C@@H]2C. The molecule has 3 saturated heterocycles. The van der Waals surface area contributed by atoms with Crippen molar-refractivity contribution in [2.24, 2.45) is 52.3 Å². The molecule has 8 heteroatoms. The third-order valence-corrected chi connectivity index (χ3v) is 15.2. The Balaban J connectivity index is 0.886. The largest absolute Gasteiger partial charge is 0.356 e. The fourth-order valence-electron chi connectivity index (χ4n) is 12.5. The molecule has 4 aliphatic carbocycles. The summed E-state index contributed by atoms with van der Waals surface area (Å²) in [5.41, 5.74) is 0.724. The van der Waals surface area contributed by atoms with Crippen LogP contribution in [-0.2, 0) is 19.1 Å². The number of ether oxygens (including phenoxy) is 2. The molecule has 2 N–H and O–H groups in total. The number of amides is 2. The molecule has 0 aromatic carbocycles. The Morgan fingerprint density at radius 1 is 0.870 bits per heavy atom. The van der Waals surface area contributed by atoms with Crippen molar-refractivity contribution in [3.8, 4) is 0 Å². The van der Waals surface area contributed by atoms with Gasteiger partial charge in [0.2, 0.25) is 11.8 Å². The second kappa shape index (κ2) is 12.9. The average Bonchev–Trinajstić information content (AvgIpc) is 3.47. The van der Waals surface area contributed by atoms with E-state index in [9.17, 15) is 9.59 Å². The lowest BCUT2D eigenvalue weighted by atomic mass is 9.44. The fourth-order valence-corrected chi connectivity index (χ4v) is 12.5. The van der Waals surface area contributed by atoms with Crippen molar-refractivity contribution in [3.63, 3.8) is 0 Å². The van der Waals surface area contributed by atoms with Crippen LogP contribution in [0.5, 0.6) is 0 Å². The van der Waals surface area contributed by atoms with Gasteiger partial charge in [0, 0.05) is 51.1 Å². The number of carbonyl (C=O) groups is 2. The monoisotopic (exact) mass is 640 g/mol. The van der Waals surface area contributed by atoms with E-state index in [0.29, 0.717) is 47.2 Å². The number of fused-ring (bicyclic) bond motifs is 7. The second-order valence-corrected chi connectivity index (χ2v) is 17.7. The zero-order valence-electron chi connectivity index (χ0n) is 29.7. The summed E-state index contributed by atoms with van der Waals surface area (Å²) in [6.45, 7) is 16.9. The molecule has 4 saturated carbocycles. The maximum Gasteiger partial charge on any atom is 0.229 e. The highest BCUT2D eigenvalue weighted by Gasteiger charge is 2.69. The zero-order chi connectivity index (χ0) is 32.3. The molecular weight excluding hydrogens is 576 g/mol. The van der Waals surface area contributed by atoms with Crippen LogP contribution in [0.25, 0.3) is 0 Å². The van der Waals surface area contributed by atoms with Gasteiger partial charge in [-0.05, 0) is 124 Å². The van der Waals surface area contributed by atoms with Crippen LogP contribution in [0.1, 0.15) is 105 Å². The Hall–Kier alpha value is -1.22. The minimum absolute atomic E-state index is 0.0495. The second-order valence-electron chi connectivity index (χ2n) is 17.7. The summed E-state index contributed by atoms with van der Waals surface area (Å²) in [5.74, 6) is 4.19. The summed E-state index contributed by atoms with van der Waals surface area (Å²) in [5, 5.41) is 6.27. The van der Waals surface area contributed by atoms with Gasteiger partial charge in [-0.1, -0.05) is 27.7 Å². The van der Waals surface area contributed by atoms with Gasteiger partial charge in [-0.2, -0.15) is 0 Å². The van der Waals surface area contributed by atoms with Crippen molar-refractivity contribution in [2.45, 2.75) is 123 Å². The number of piperazine rings is 1. The van der Waals surface area contributed by atoms with Crippen molar-refractivity contribution in [1.29, 1.82) is 0 Å². The molecule has 1 spiro atoms. The molecule has 7 rings (SSSR count). The number of hydrogen-bond acceptors (Lipinski definition) is 6. The van der Waals surface area contributed by atoms with Crippen LogP contribution in [0.2, 0.25) is 0 Å². The van der Waals surface area contributed by atoms with Gasteiger partial charge in [0.25, 0.3) is 0 Å². The molecule has 0 unspecified atom stereocenters. The maximum atomic E-state index is 12.9. The highest BCUT2D eigenvalue weighted by Crippen LogP contribution is 2.71. The maximum absolute atomic E-state index is 12.9. The van der Waals surface area contributed by atoms with Gasteiger partial charge in [0.05, 0.1) is 12.7 Å². The standard InChI is InChI=1S/C38H64N4O4/c1-25-9-14-38(45-24-25)26(2)35-32(46-38)22-31-29-8-7-27-21-28(10-12-36(27,3)30(29)11-13-37(31,35)4)40-34(44)23-33(43)39-15-6-16-42-19-17-41(5)18-20-42/h25-32,35H,6-24H2,1-5H3,(H,39,43)(H,40,44)/t25-,26+,27-,28+,29-,30+,31+,32+,35+,36+,37+,38-/m1/s1. The Morgan fingerprint density at radius 3 is 2.41 bits per heavy atom. The van der Waals surface area contributed by atoms with E-state index < -0.39 is 0 Å². The van der Waals surface area contributed by atoms with Crippen molar-refractivity contribution in [2.75, 3.05) is 52.9 Å². The number of nitrogens with zero attached hydrogens (tertiary/aromatic N) is 2. The Morgan fingerprint density at radius 2 is 1.65 bits per heavy atom. The highest BCUT2D eigenvalue weighted by molar-refractivity contribution is 5.96. The molecule has 7 fully saturated rings. The fraction of sp³-hybridized carbons (Fsp3) is 0.947. The first-order chi connectivity index (χ1) is 22.0. The number of likely N-dealkylation sites (N-methyl/N-ethyl adjacent to an activating group) is 1. The minimum atomic E-state index is -0.329. The van der Waals surface area contributed by atoms with Gasteiger partial charge >= 0.3 is 0 Å². The van der Waals surface area contributed by atoms with E-state index in [0.717, 1.165) is 82.8 Å². The number of nitrogens with one attached hydrogen (secondary N) is 2. The summed E-state index contributed by atoms with van der Waals surface area (Å²) in [4.78, 5) is 30.3. The molecule has 12 atom stereocenters. The van der Waals surface area contributed by atoms with Crippen molar-refractivity contribution in [1.82, 2.24) is 20.4 Å². The van der Waals surface area contributed by atoms with Crippen LogP contribution in [0.4, 0.5) is 0 Å². The van der Waals surface area contributed by atoms with E-state index in [1.54, 1.807) is 0 Å². The third kappa shape index (κ3) is 5.98. The first kappa shape index (κ1) is 33.3. The van der Waals surface area contributed by atoms with Crippen molar-refractivity contribution in [3.05, 3.63) is 0 Å². The number of hydrogen-bond donors (Lipinski definition) is 2. The van der Waals surface area contributed by atoms with E-state index in [4.69, 9.17) is 9.47 Å². The lowest BCUT2D eigenvalue weighted by molar-refractivity contribution is -0.273. The van der Waals surface area contributed by atoms with Crippen LogP contribution < -0.4 is 10.6 Å². The van der Waals surface area contributed by atoms with E-state index in [-0.39, 0.29) is 30.1 Å². The van der Waals surface area contributed by atoms with Crippen LogP contribution >= 0.6 is 0 Å². The van der Waals surface area contributed by atoms with Crippen LogP contribution in [0, 0.1) is 52.3 Å². The van der Waals surface area contributed by atoms with Crippen molar-refractivity contribution >= 4 is 11.8 Å². The van der Waals surface area contributed by atoms with Gasteiger partial charge in [0.15, 0.2) is 5.79 Å². The van der Waals surface area contributed by atoms with Gasteiger partial charge in [-0.3, -0.25) is 9.59 Å². The summed E-state index contributed by atoms with van der Waals surface area (Å²) in [6, 6.07) is 0.204. The molecule has 0 aromatic heterocycles. The molecular formula is C38H64N4O4. The average molecular weight is 641 g/mol. The number of carbonyl (C=O) groups excluding carboxylic acids is 2. The Bertz CT molecular complexity index is 1120. The smallest absolute Gasteiger partial charge is 0.229 e. The minimum Gasteiger partial charge on any atom is -0.356 e. The lowest BCUT2D eigenvalue weighted by Gasteiger charge is -2.61. The lowest BCUT2D eigenvalue weighted by Crippen LogP contribution is -2.56. The predicted octanol–water partition coefficient (Wildman–Crippen LogP) is 5.06. The quantitative estimate of drug-likeness (QED) is 0.299. The summed E-state index contributed by atoms with van der Waals surface area (Å²) in [7, 11) is 2.17. The molecule has 3 aliphatic heterocycles. The Kier molecular flexibility index (Phi) is 9.34. The van der Waals surface area contributed by atoms with E-state index in [2.05, 4.69) is 55.2 Å². The highest BCUT2D eigenvalue weighted by atomic mass is 16.7. The summed E-state index contributed by atoms with van der Waals surface area (Å²) >= 11 is 0. The van der Waals surface area contributed by atoms with E-state index in [1.807, 2.05) is 0 Å². The van der Waals surface area contributed by atoms with Crippen LogP contribution in [-0.4, -0.2) is 92.5 Å². The molecule has 0 aromatic rings. The van der Waals surface area contributed by atoms with E-state index >= 15 is 0 Å². The van der Waals surface area contributed by atoms with Crippen LogP contribution in [0.3, 0.4) is 0 Å². The first-order valence-corrected chi connectivity index (χ1v) is 19.3. The molecule has 2 amide bonds. The van der Waals surface area contributed by atoms with Gasteiger partial charge < -0.3 is 29.9 Å². The molecule has 3 heterocycles. The normalized spacial score (nSPS) is 47.5. The molecule has 46 heavy (non-hydrogen) atoms. The summed E-state index contributed by atoms with van der Waals surface area (Å²) in [6.07, 6.45) is 13.4. The Labute approximate surface area is 278 Å². The van der Waals surface area contributed by atoms with E-state index in [1.165, 1.54) is 44.9 Å². The van der Waals surface area contributed by atoms with Gasteiger partial charge in [-0.15, -0.1) is 0 Å². The van der Waals surface area contributed by atoms with Crippen LogP contribution in [0.15, 0.2) is 0 Å². The first-order valence-electron chi connectivity index (χ1n) is 19.3. The van der Waals surface area contributed by atoms with Gasteiger partial charge in [0.1, 0.15) is 6.42 Å². The topological polar surface area (TPSA) is 83.1 Å². The third-order valence-electron chi connectivity index (χ3n) is 15.2. The van der Waals surface area contributed by atoms with Crippen molar-refractivity contribution < 1.29 is 19.1 Å². The molecule has 0 bridgehead atoms. The predicted molar refractivity (Wildman–Crippen MR) is 180 cm³/mol. The number of rotatable bonds is 7. The molecule has 0 radical (unpaired) electrons. The zero-order valence-corrected chi connectivity index (χ0v) is 29.7.